The quantitative estimate of drug-likeness (QED) is 0.565. The van der Waals surface area contributed by atoms with Gasteiger partial charge in [-0.05, 0) is 53.3 Å². The molecule has 18 heavy (non-hydrogen) atoms. The molecule has 0 atom stereocenters. The molecule has 0 bridgehead atoms. The van der Waals surface area contributed by atoms with E-state index in [0.29, 0.717) is 0 Å². The van der Waals surface area contributed by atoms with E-state index in [1.807, 2.05) is 12.1 Å². The predicted octanol–water partition coefficient (Wildman–Crippen LogP) is 4.91. The number of fused-ring (bicyclic) bond motifs is 1. The minimum Gasteiger partial charge on any atom is -0.338 e. The third-order valence-corrected chi connectivity index (χ3v) is 4.82. The summed E-state index contributed by atoms with van der Waals surface area (Å²) in [5.74, 6) is 0.927. The number of nitrogens with one attached hydrogen (secondary N) is 1. The van der Waals surface area contributed by atoms with Crippen molar-refractivity contribution in [3.05, 3.63) is 50.0 Å². The van der Waals surface area contributed by atoms with E-state index in [0.717, 1.165) is 26.9 Å². The number of aromatic amines is 1. The lowest BCUT2D eigenvalue weighted by atomic mass is 10.1. The Morgan fingerprint density at radius 1 is 1.22 bits per heavy atom. The number of aromatic nitrogens is 2. The smallest absolute Gasteiger partial charge is 0.139 e. The van der Waals surface area contributed by atoms with Crippen molar-refractivity contribution in [3.8, 4) is 11.4 Å². The van der Waals surface area contributed by atoms with Crippen LogP contribution in [0.5, 0.6) is 0 Å². The molecule has 0 aliphatic carbocycles. The largest absolute Gasteiger partial charge is 0.338 e. The molecule has 1 aromatic heterocycles. The van der Waals surface area contributed by atoms with Crippen molar-refractivity contribution in [1.82, 2.24) is 9.97 Å². The zero-order valence-electron chi connectivity index (χ0n) is 9.67. The van der Waals surface area contributed by atoms with E-state index in [9.17, 15) is 0 Å². The molecule has 0 radical (unpaired) electrons. The molecule has 0 saturated heterocycles. The Morgan fingerprint density at radius 2 is 2.06 bits per heavy atom. The van der Waals surface area contributed by atoms with Crippen LogP contribution in [0.3, 0.4) is 0 Å². The molecule has 1 heterocycles. The summed E-state index contributed by atoms with van der Waals surface area (Å²) < 4.78 is 2.30. The van der Waals surface area contributed by atoms with Gasteiger partial charge in [0.05, 0.1) is 11.0 Å². The fraction of sp³-hybridized carbons (Fsp3) is 0.0714. The first-order chi connectivity index (χ1) is 8.65. The van der Waals surface area contributed by atoms with Crippen LogP contribution in [0.15, 0.2) is 40.9 Å². The molecular weight excluding hydrogens is 403 g/mol. The first-order valence-electron chi connectivity index (χ1n) is 5.56. The molecule has 4 heteroatoms. The molecule has 0 fully saturated rings. The van der Waals surface area contributed by atoms with Crippen molar-refractivity contribution in [2.45, 2.75) is 6.92 Å². The number of hydrogen-bond acceptors (Lipinski definition) is 1. The summed E-state index contributed by atoms with van der Waals surface area (Å²) in [6.07, 6.45) is 0. The molecule has 0 unspecified atom stereocenters. The number of benzene rings is 2. The zero-order chi connectivity index (χ0) is 12.7. The number of imidazole rings is 1. The first-order valence-corrected chi connectivity index (χ1v) is 7.43. The number of nitrogens with zero attached hydrogens (tertiary/aromatic N) is 1. The minimum absolute atomic E-state index is 0.927. The van der Waals surface area contributed by atoms with Gasteiger partial charge >= 0.3 is 0 Å². The van der Waals surface area contributed by atoms with E-state index in [4.69, 9.17) is 0 Å². The van der Waals surface area contributed by atoms with Crippen LogP contribution in [0.2, 0.25) is 0 Å². The van der Waals surface area contributed by atoms with Crippen LogP contribution in [-0.4, -0.2) is 9.97 Å². The van der Waals surface area contributed by atoms with Gasteiger partial charge in [-0.15, -0.1) is 0 Å². The molecule has 0 aliphatic rings. The Balaban J connectivity index is 2.22. The van der Waals surface area contributed by atoms with Gasteiger partial charge in [0, 0.05) is 13.6 Å². The van der Waals surface area contributed by atoms with E-state index in [1.54, 1.807) is 0 Å². The molecule has 3 aromatic rings. The van der Waals surface area contributed by atoms with Crippen LogP contribution in [0.4, 0.5) is 0 Å². The van der Waals surface area contributed by atoms with Gasteiger partial charge in [0.15, 0.2) is 0 Å². The van der Waals surface area contributed by atoms with E-state index < -0.39 is 0 Å². The SMILES string of the molecule is Cc1cccc(-c2nc3ccc(Br)cc3[nH]2)c1I. The van der Waals surface area contributed by atoms with Crippen molar-refractivity contribution in [2.75, 3.05) is 0 Å². The highest BCUT2D eigenvalue weighted by Gasteiger charge is 2.09. The average molecular weight is 413 g/mol. The van der Waals surface area contributed by atoms with Gasteiger partial charge in [0.2, 0.25) is 0 Å². The maximum Gasteiger partial charge on any atom is 0.139 e. The fourth-order valence-corrected chi connectivity index (χ4v) is 2.92. The van der Waals surface area contributed by atoms with E-state index in [2.05, 4.69) is 79.7 Å². The van der Waals surface area contributed by atoms with Crippen LogP contribution < -0.4 is 0 Å². The zero-order valence-corrected chi connectivity index (χ0v) is 13.4. The van der Waals surface area contributed by atoms with Crippen LogP contribution in [0.25, 0.3) is 22.4 Å². The molecule has 0 amide bonds. The maximum absolute atomic E-state index is 4.64. The summed E-state index contributed by atoms with van der Waals surface area (Å²) >= 11 is 5.85. The highest BCUT2D eigenvalue weighted by Crippen LogP contribution is 2.28. The Hall–Kier alpha value is -0.880. The first kappa shape index (κ1) is 12.2. The Bertz CT molecular complexity index is 734. The third kappa shape index (κ3) is 2.07. The van der Waals surface area contributed by atoms with Crippen molar-refractivity contribution in [1.29, 1.82) is 0 Å². The molecule has 1 N–H and O–H groups in total. The standard InChI is InChI=1S/C14H10BrIN2/c1-8-3-2-4-10(13(8)16)14-17-11-6-5-9(15)7-12(11)18-14/h2-7H,1H3,(H,17,18). The predicted molar refractivity (Wildman–Crippen MR) is 86.7 cm³/mol. The van der Waals surface area contributed by atoms with Gasteiger partial charge in [-0.1, -0.05) is 34.1 Å². The number of hydrogen-bond donors (Lipinski definition) is 1. The van der Waals surface area contributed by atoms with Crippen molar-refractivity contribution in [2.24, 2.45) is 0 Å². The summed E-state index contributed by atoms with van der Waals surface area (Å²) in [7, 11) is 0. The van der Waals surface area contributed by atoms with Crippen LogP contribution in [0, 0.1) is 10.5 Å². The second-order valence-corrected chi connectivity index (χ2v) is 6.18. The molecule has 3 rings (SSSR count). The van der Waals surface area contributed by atoms with Crippen LogP contribution >= 0.6 is 38.5 Å². The van der Waals surface area contributed by atoms with Gasteiger partial charge in [0.1, 0.15) is 5.82 Å². The third-order valence-electron chi connectivity index (χ3n) is 2.89. The van der Waals surface area contributed by atoms with E-state index in [-0.39, 0.29) is 0 Å². The maximum atomic E-state index is 4.64. The van der Waals surface area contributed by atoms with E-state index in [1.165, 1.54) is 9.13 Å². The van der Waals surface area contributed by atoms with Gasteiger partial charge in [0.25, 0.3) is 0 Å². The van der Waals surface area contributed by atoms with Gasteiger partial charge in [-0.2, -0.15) is 0 Å². The Kier molecular flexibility index (Phi) is 3.15. The lowest BCUT2D eigenvalue weighted by molar-refractivity contribution is 1.31. The van der Waals surface area contributed by atoms with Gasteiger partial charge in [-0.3, -0.25) is 0 Å². The summed E-state index contributed by atoms with van der Waals surface area (Å²) in [4.78, 5) is 8.02. The van der Waals surface area contributed by atoms with Gasteiger partial charge in [-0.25, -0.2) is 4.98 Å². The Labute approximate surface area is 127 Å². The van der Waals surface area contributed by atoms with E-state index >= 15 is 0 Å². The number of halogens is 2. The molecule has 2 aromatic carbocycles. The number of H-pyrrole nitrogens is 1. The number of aryl methyl sites for hydroxylation is 1. The Morgan fingerprint density at radius 3 is 2.89 bits per heavy atom. The molecule has 90 valence electrons. The molecule has 0 saturated carbocycles. The summed E-state index contributed by atoms with van der Waals surface area (Å²) in [6.45, 7) is 2.12. The average Bonchev–Trinajstić information content (AvgIpc) is 2.75. The van der Waals surface area contributed by atoms with Crippen molar-refractivity contribution >= 4 is 49.6 Å². The lowest BCUT2D eigenvalue weighted by Gasteiger charge is -2.03. The van der Waals surface area contributed by atoms with Crippen molar-refractivity contribution in [3.63, 3.8) is 0 Å². The topological polar surface area (TPSA) is 28.7 Å². The normalized spacial score (nSPS) is 11.1. The second-order valence-electron chi connectivity index (χ2n) is 4.18. The molecule has 0 aliphatic heterocycles. The van der Waals surface area contributed by atoms with Crippen LogP contribution in [0.1, 0.15) is 5.56 Å². The minimum atomic E-state index is 0.927. The highest BCUT2D eigenvalue weighted by molar-refractivity contribution is 14.1. The molecule has 2 nitrogen and oxygen atoms in total. The lowest BCUT2D eigenvalue weighted by Crippen LogP contribution is -1.88. The monoisotopic (exact) mass is 412 g/mol. The van der Waals surface area contributed by atoms with Crippen molar-refractivity contribution < 1.29 is 0 Å². The van der Waals surface area contributed by atoms with Crippen LogP contribution in [-0.2, 0) is 0 Å². The summed E-state index contributed by atoms with van der Waals surface area (Å²) in [6, 6.07) is 12.4. The molecule has 0 spiro atoms. The molecular formula is C14H10BrIN2. The van der Waals surface area contributed by atoms with Gasteiger partial charge < -0.3 is 4.98 Å². The second kappa shape index (κ2) is 4.66. The fourth-order valence-electron chi connectivity index (χ4n) is 1.94. The highest BCUT2D eigenvalue weighted by atomic mass is 127. The summed E-state index contributed by atoms with van der Waals surface area (Å²) in [5.41, 5.74) is 4.47. The number of rotatable bonds is 1. The summed E-state index contributed by atoms with van der Waals surface area (Å²) in [5, 5.41) is 0.